The van der Waals surface area contributed by atoms with E-state index < -0.39 is 0 Å². The molecule has 1 heterocycles. The van der Waals surface area contributed by atoms with Crippen LogP contribution in [0.25, 0.3) is 0 Å². The lowest BCUT2D eigenvalue weighted by atomic mass is 10.1. The van der Waals surface area contributed by atoms with Crippen LogP contribution in [0.15, 0.2) is 48.7 Å². The first-order chi connectivity index (χ1) is 14.2. The molecule has 1 amide bonds. The van der Waals surface area contributed by atoms with Gasteiger partial charge in [0, 0.05) is 12.1 Å². The first kappa shape index (κ1) is 22.9. The number of ether oxygens (including phenoxy) is 1. The minimum Gasteiger partial charge on any atom is -0.494 e. The Morgan fingerprint density at radius 3 is 2.31 bits per heavy atom. The summed E-state index contributed by atoms with van der Waals surface area (Å²) in [5.41, 5.74) is 2.07. The molecule has 1 aromatic carbocycles. The number of rotatable bonds is 14. The maximum atomic E-state index is 12.2. The number of amides is 1. The third kappa shape index (κ3) is 9.60. The van der Waals surface area contributed by atoms with Crippen molar-refractivity contribution in [1.82, 2.24) is 5.32 Å². The Balaban J connectivity index is 1.59. The smallest absolute Gasteiger partial charge is 0.224 e. The lowest BCUT2D eigenvalue weighted by Crippen LogP contribution is -2.37. The average molecular weight is 398 g/mol. The van der Waals surface area contributed by atoms with Gasteiger partial charge in [0.1, 0.15) is 19.3 Å². The number of aromatic nitrogens is 1. The summed E-state index contributed by atoms with van der Waals surface area (Å²) >= 11 is 0. The predicted octanol–water partition coefficient (Wildman–Crippen LogP) is 4.89. The van der Waals surface area contributed by atoms with E-state index in [1.54, 1.807) is 0 Å². The zero-order valence-electron chi connectivity index (χ0n) is 18.2. The Bertz CT molecular complexity index is 713. The monoisotopic (exact) mass is 397 g/mol. The Labute approximate surface area is 176 Å². The molecule has 0 fully saturated rings. The molecule has 29 heavy (non-hydrogen) atoms. The molecule has 1 N–H and O–H groups in total. The van der Waals surface area contributed by atoms with Crippen LogP contribution in [0.2, 0.25) is 0 Å². The topological polar surface area (TPSA) is 42.2 Å². The highest BCUT2D eigenvalue weighted by Gasteiger charge is 2.08. The molecule has 4 heteroatoms. The molecule has 0 radical (unpaired) electrons. The normalized spacial score (nSPS) is 10.7. The van der Waals surface area contributed by atoms with E-state index in [1.807, 2.05) is 60.3 Å². The van der Waals surface area contributed by atoms with Gasteiger partial charge < -0.3 is 10.1 Å². The molecule has 0 spiro atoms. The first-order valence-electron chi connectivity index (χ1n) is 11.1. The van der Waals surface area contributed by atoms with Crippen LogP contribution in [0.3, 0.4) is 0 Å². The molecule has 0 saturated heterocycles. The van der Waals surface area contributed by atoms with E-state index in [-0.39, 0.29) is 5.91 Å². The van der Waals surface area contributed by atoms with E-state index in [0.29, 0.717) is 13.0 Å². The second-order valence-electron chi connectivity index (χ2n) is 7.72. The van der Waals surface area contributed by atoms with Crippen molar-refractivity contribution in [3.05, 3.63) is 59.9 Å². The number of unbranched alkanes of at least 4 members (excludes halogenated alkanes) is 7. The van der Waals surface area contributed by atoms with Crippen LogP contribution in [0.1, 0.15) is 69.5 Å². The van der Waals surface area contributed by atoms with Gasteiger partial charge in [-0.05, 0) is 24.1 Å². The molecule has 0 aliphatic rings. The van der Waals surface area contributed by atoms with Gasteiger partial charge in [0.15, 0.2) is 11.9 Å². The molecule has 0 saturated carbocycles. The first-order valence-corrected chi connectivity index (χ1v) is 11.1. The second kappa shape index (κ2) is 13.8. The summed E-state index contributed by atoms with van der Waals surface area (Å²) in [6, 6.07) is 13.8. The van der Waals surface area contributed by atoms with Crippen molar-refractivity contribution in [1.29, 1.82) is 0 Å². The minimum absolute atomic E-state index is 0.0291. The summed E-state index contributed by atoms with van der Waals surface area (Å²) in [6.45, 7) is 3.56. The average Bonchev–Trinajstić information content (AvgIpc) is 2.73. The van der Waals surface area contributed by atoms with Crippen LogP contribution in [0, 0.1) is 0 Å². The zero-order valence-corrected chi connectivity index (χ0v) is 18.2. The fourth-order valence-electron chi connectivity index (χ4n) is 3.31. The summed E-state index contributed by atoms with van der Waals surface area (Å²) in [5.74, 6) is 0.912. The third-order valence-corrected chi connectivity index (χ3v) is 5.18. The van der Waals surface area contributed by atoms with E-state index in [4.69, 9.17) is 4.74 Å². The van der Waals surface area contributed by atoms with Gasteiger partial charge in [0.05, 0.1) is 13.0 Å². The van der Waals surface area contributed by atoms with Crippen molar-refractivity contribution in [2.75, 3.05) is 6.61 Å². The number of carbonyl (C=O) groups excluding carboxylic acids is 1. The van der Waals surface area contributed by atoms with Gasteiger partial charge >= 0.3 is 0 Å². The SMILES string of the molecule is CCCCCCCCCCOc1ccc(CC(=O)NCc2cccc[n+]2C)cc1. The van der Waals surface area contributed by atoms with E-state index in [9.17, 15) is 4.79 Å². The Hall–Kier alpha value is -2.36. The van der Waals surface area contributed by atoms with Crippen LogP contribution >= 0.6 is 0 Å². The van der Waals surface area contributed by atoms with Gasteiger partial charge in [-0.25, -0.2) is 4.57 Å². The Morgan fingerprint density at radius 2 is 1.62 bits per heavy atom. The van der Waals surface area contributed by atoms with Crippen molar-refractivity contribution in [3.8, 4) is 5.75 Å². The molecule has 4 nitrogen and oxygen atoms in total. The molecule has 2 rings (SSSR count). The van der Waals surface area contributed by atoms with Crippen LogP contribution in [-0.2, 0) is 24.8 Å². The largest absolute Gasteiger partial charge is 0.494 e. The quantitative estimate of drug-likeness (QED) is 0.364. The highest BCUT2D eigenvalue weighted by Crippen LogP contribution is 2.14. The fraction of sp³-hybridized carbons (Fsp3) is 0.520. The standard InChI is InChI=1S/C25H36N2O2/c1-3-4-5-6-7-8-9-12-19-29-24-16-14-22(15-17-24)20-25(28)26-21-23-13-10-11-18-27(23)2/h10-11,13-18H,3-9,12,19-21H2,1-2H3/p+1. The van der Waals surface area contributed by atoms with E-state index in [2.05, 4.69) is 12.2 Å². The molecule has 0 bridgehead atoms. The maximum Gasteiger partial charge on any atom is 0.224 e. The number of nitrogens with one attached hydrogen (secondary N) is 1. The van der Waals surface area contributed by atoms with Crippen molar-refractivity contribution >= 4 is 5.91 Å². The fourth-order valence-corrected chi connectivity index (χ4v) is 3.31. The van der Waals surface area contributed by atoms with E-state index >= 15 is 0 Å². The molecule has 0 atom stereocenters. The Kier molecular flexibility index (Phi) is 10.9. The van der Waals surface area contributed by atoms with Crippen molar-refractivity contribution < 1.29 is 14.1 Å². The van der Waals surface area contributed by atoms with Crippen molar-refractivity contribution in [3.63, 3.8) is 0 Å². The van der Waals surface area contributed by atoms with Gasteiger partial charge in [0.2, 0.25) is 5.91 Å². The molecule has 0 aliphatic heterocycles. The summed E-state index contributed by atoms with van der Waals surface area (Å²) in [6.07, 6.45) is 12.8. The predicted molar refractivity (Wildman–Crippen MR) is 118 cm³/mol. The molecular formula is C25H37N2O2+. The summed E-state index contributed by atoms with van der Waals surface area (Å²) in [4.78, 5) is 12.2. The second-order valence-corrected chi connectivity index (χ2v) is 7.72. The van der Waals surface area contributed by atoms with Crippen LogP contribution < -0.4 is 14.6 Å². The van der Waals surface area contributed by atoms with Crippen molar-refractivity contribution in [2.24, 2.45) is 7.05 Å². The van der Waals surface area contributed by atoms with Crippen LogP contribution in [0.5, 0.6) is 5.75 Å². The number of pyridine rings is 1. The maximum absolute atomic E-state index is 12.2. The minimum atomic E-state index is 0.0291. The van der Waals surface area contributed by atoms with Crippen LogP contribution in [0.4, 0.5) is 0 Å². The summed E-state index contributed by atoms with van der Waals surface area (Å²) in [5, 5.41) is 2.98. The molecule has 0 aliphatic carbocycles. The lowest BCUT2D eigenvalue weighted by molar-refractivity contribution is -0.679. The molecular weight excluding hydrogens is 360 g/mol. The van der Waals surface area contributed by atoms with E-state index in [1.165, 1.54) is 44.9 Å². The number of hydrogen-bond donors (Lipinski definition) is 1. The molecule has 2 aromatic rings. The summed E-state index contributed by atoms with van der Waals surface area (Å²) < 4.78 is 7.84. The Morgan fingerprint density at radius 1 is 0.931 bits per heavy atom. The molecule has 0 unspecified atom stereocenters. The van der Waals surface area contributed by atoms with E-state index in [0.717, 1.165) is 30.0 Å². The highest BCUT2D eigenvalue weighted by molar-refractivity contribution is 5.78. The number of benzene rings is 1. The van der Waals surface area contributed by atoms with Gasteiger partial charge in [-0.2, -0.15) is 0 Å². The number of aryl methyl sites for hydroxylation is 1. The van der Waals surface area contributed by atoms with Gasteiger partial charge in [-0.1, -0.05) is 70.1 Å². The summed E-state index contributed by atoms with van der Waals surface area (Å²) in [7, 11) is 1.98. The van der Waals surface area contributed by atoms with Crippen molar-refractivity contribution in [2.45, 2.75) is 71.3 Å². The lowest BCUT2D eigenvalue weighted by Gasteiger charge is -2.08. The number of hydrogen-bond acceptors (Lipinski definition) is 2. The third-order valence-electron chi connectivity index (χ3n) is 5.18. The van der Waals surface area contributed by atoms with Gasteiger partial charge in [-0.15, -0.1) is 0 Å². The zero-order chi connectivity index (χ0) is 20.7. The molecule has 158 valence electrons. The number of carbonyl (C=O) groups is 1. The van der Waals surface area contributed by atoms with Gasteiger partial charge in [-0.3, -0.25) is 4.79 Å². The van der Waals surface area contributed by atoms with Crippen LogP contribution in [-0.4, -0.2) is 12.5 Å². The number of nitrogens with zero attached hydrogens (tertiary/aromatic N) is 1. The molecule has 1 aromatic heterocycles. The highest BCUT2D eigenvalue weighted by atomic mass is 16.5. The van der Waals surface area contributed by atoms with Gasteiger partial charge in [0.25, 0.3) is 0 Å².